The van der Waals surface area contributed by atoms with Crippen molar-refractivity contribution in [2.24, 2.45) is 5.73 Å². The van der Waals surface area contributed by atoms with Crippen LogP contribution in [0.25, 0.3) is 11.0 Å². The third kappa shape index (κ3) is 2.13. The fourth-order valence-corrected chi connectivity index (χ4v) is 2.90. The van der Waals surface area contributed by atoms with Crippen molar-refractivity contribution in [3.8, 4) is 5.75 Å². The Morgan fingerprint density at radius 3 is 2.89 bits per heavy atom. The van der Waals surface area contributed by atoms with Crippen molar-refractivity contribution in [3.05, 3.63) is 52.9 Å². The van der Waals surface area contributed by atoms with Crippen LogP contribution in [0.15, 0.2) is 52.5 Å². The summed E-state index contributed by atoms with van der Waals surface area (Å²) < 4.78 is 11.5. The maximum absolute atomic E-state index is 6.40. The van der Waals surface area contributed by atoms with Crippen molar-refractivity contribution in [1.29, 1.82) is 0 Å². The number of ether oxygens (including phenoxy) is 1. The van der Waals surface area contributed by atoms with Gasteiger partial charge in [0.2, 0.25) is 0 Å². The Bertz CT molecular complexity index is 674. The highest BCUT2D eigenvalue weighted by Gasteiger charge is 2.29. The molecule has 0 radical (unpaired) electrons. The van der Waals surface area contributed by atoms with Crippen molar-refractivity contribution < 1.29 is 9.15 Å². The molecular weight excluding hydrogens is 258 g/mol. The van der Waals surface area contributed by atoms with Crippen molar-refractivity contribution in [2.75, 3.05) is 0 Å². The topological polar surface area (TPSA) is 48.4 Å². The van der Waals surface area contributed by atoms with Crippen LogP contribution in [0.1, 0.15) is 18.2 Å². The summed E-state index contributed by atoms with van der Waals surface area (Å²) in [6.07, 6.45) is 2.34. The predicted molar refractivity (Wildman–Crippen MR) is 77.3 cm³/mol. The molecule has 0 aliphatic rings. The molecule has 0 amide bonds. The molecule has 98 valence electrons. The average molecular weight is 273 g/mol. The van der Waals surface area contributed by atoms with Crippen molar-refractivity contribution in [2.45, 2.75) is 19.1 Å². The third-order valence-electron chi connectivity index (χ3n) is 3.20. The molecule has 1 aromatic carbocycles. The van der Waals surface area contributed by atoms with Crippen LogP contribution in [-0.2, 0) is 5.72 Å². The van der Waals surface area contributed by atoms with Gasteiger partial charge in [-0.05, 0) is 23.6 Å². The van der Waals surface area contributed by atoms with Crippen LogP contribution in [0.3, 0.4) is 0 Å². The van der Waals surface area contributed by atoms with Gasteiger partial charge in [0, 0.05) is 11.8 Å². The fourth-order valence-electron chi connectivity index (χ4n) is 2.06. The minimum absolute atomic E-state index is 0.681. The molecular formula is C15H15NO2S. The first-order valence-corrected chi connectivity index (χ1v) is 7.09. The Hall–Kier alpha value is -1.78. The molecule has 0 fully saturated rings. The first kappa shape index (κ1) is 12.3. The Labute approximate surface area is 115 Å². The lowest BCUT2D eigenvalue weighted by Gasteiger charge is -2.28. The van der Waals surface area contributed by atoms with Gasteiger partial charge < -0.3 is 9.15 Å². The summed E-state index contributed by atoms with van der Waals surface area (Å²) in [5, 5.41) is 3.02. The van der Waals surface area contributed by atoms with Crippen LogP contribution in [0, 0.1) is 0 Å². The zero-order chi connectivity index (χ0) is 13.3. The summed E-state index contributed by atoms with van der Waals surface area (Å²) in [4.78, 5) is 1.01. The monoisotopic (exact) mass is 273 g/mol. The molecule has 0 aliphatic heterocycles. The van der Waals surface area contributed by atoms with Crippen LogP contribution >= 0.6 is 11.3 Å². The number of para-hydroxylation sites is 1. The maximum Gasteiger partial charge on any atom is 0.193 e. The van der Waals surface area contributed by atoms with E-state index in [0.29, 0.717) is 12.2 Å². The normalized spacial score (nSPS) is 14.4. The molecule has 2 aromatic heterocycles. The van der Waals surface area contributed by atoms with E-state index in [4.69, 9.17) is 14.9 Å². The molecule has 2 heterocycles. The SMILES string of the molecule is CCC(N)(Oc1cccc2ccoc12)c1cccs1. The van der Waals surface area contributed by atoms with E-state index in [9.17, 15) is 0 Å². The summed E-state index contributed by atoms with van der Waals surface area (Å²) in [7, 11) is 0. The Morgan fingerprint density at radius 1 is 1.26 bits per heavy atom. The van der Waals surface area contributed by atoms with E-state index in [-0.39, 0.29) is 0 Å². The van der Waals surface area contributed by atoms with Crippen LogP contribution in [0.2, 0.25) is 0 Å². The zero-order valence-corrected chi connectivity index (χ0v) is 11.4. The van der Waals surface area contributed by atoms with Crippen LogP contribution in [0.5, 0.6) is 5.75 Å². The highest BCUT2D eigenvalue weighted by Crippen LogP contribution is 2.34. The molecule has 0 aliphatic carbocycles. The smallest absolute Gasteiger partial charge is 0.193 e. The Kier molecular flexibility index (Phi) is 3.05. The van der Waals surface area contributed by atoms with Gasteiger partial charge in [-0.1, -0.05) is 25.1 Å². The summed E-state index contributed by atoms with van der Waals surface area (Å²) in [6, 6.07) is 11.7. The number of fused-ring (bicyclic) bond motifs is 1. The second-order valence-corrected chi connectivity index (χ2v) is 5.37. The molecule has 4 heteroatoms. The lowest BCUT2D eigenvalue weighted by Crippen LogP contribution is -2.41. The van der Waals surface area contributed by atoms with Crippen LogP contribution in [-0.4, -0.2) is 0 Å². The summed E-state index contributed by atoms with van der Waals surface area (Å²) >= 11 is 1.60. The first-order valence-electron chi connectivity index (χ1n) is 6.21. The zero-order valence-electron chi connectivity index (χ0n) is 10.6. The minimum Gasteiger partial charge on any atom is -0.464 e. The predicted octanol–water partition coefficient (Wildman–Crippen LogP) is 4.09. The summed E-state index contributed by atoms with van der Waals surface area (Å²) in [6.45, 7) is 2.02. The van der Waals surface area contributed by atoms with Crippen molar-refractivity contribution in [1.82, 2.24) is 0 Å². The molecule has 3 rings (SSSR count). The Morgan fingerprint density at radius 2 is 2.16 bits per heavy atom. The van der Waals surface area contributed by atoms with Crippen molar-refractivity contribution in [3.63, 3.8) is 0 Å². The number of hydrogen-bond donors (Lipinski definition) is 1. The molecule has 3 aromatic rings. The molecule has 0 bridgehead atoms. The minimum atomic E-state index is -0.810. The van der Waals surface area contributed by atoms with E-state index >= 15 is 0 Å². The molecule has 19 heavy (non-hydrogen) atoms. The highest BCUT2D eigenvalue weighted by atomic mass is 32.1. The molecule has 0 saturated carbocycles. The van der Waals surface area contributed by atoms with Gasteiger partial charge in [0.15, 0.2) is 17.1 Å². The maximum atomic E-state index is 6.40. The van der Waals surface area contributed by atoms with E-state index in [1.165, 1.54) is 0 Å². The van der Waals surface area contributed by atoms with Gasteiger partial charge >= 0.3 is 0 Å². The van der Waals surface area contributed by atoms with Gasteiger partial charge in [-0.3, -0.25) is 5.73 Å². The fraction of sp³-hybridized carbons (Fsp3) is 0.200. The molecule has 0 saturated heterocycles. The number of rotatable bonds is 4. The second-order valence-electron chi connectivity index (χ2n) is 4.42. The first-order chi connectivity index (χ1) is 9.23. The number of nitrogens with two attached hydrogens (primary N) is 1. The largest absolute Gasteiger partial charge is 0.464 e. The lowest BCUT2D eigenvalue weighted by atomic mass is 10.1. The average Bonchev–Trinajstić information content (AvgIpc) is 3.10. The molecule has 0 spiro atoms. The standard InChI is InChI=1S/C15H15NO2S/c1-2-15(16,13-7-4-10-19-13)18-12-6-3-5-11-8-9-17-14(11)12/h3-10H,2,16H2,1H3. The van der Waals surface area contributed by atoms with Crippen molar-refractivity contribution >= 4 is 22.3 Å². The number of furan rings is 1. The summed E-state index contributed by atoms with van der Waals surface area (Å²) in [5.41, 5.74) is 6.33. The van der Waals surface area contributed by atoms with Crippen LogP contribution < -0.4 is 10.5 Å². The lowest BCUT2D eigenvalue weighted by molar-refractivity contribution is 0.0733. The van der Waals surface area contributed by atoms with Gasteiger partial charge in [0.05, 0.1) is 11.1 Å². The summed E-state index contributed by atoms with van der Waals surface area (Å²) in [5.74, 6) is 0.681. The van der Waals surface area contributed by atoms with Gasteiger partial charge in [0.1, 0.15) is 0 Å². The number of hydrogen-bond acceptors (Lipinski definition) is 4. The Balaban J connectivity index is 2.01. The molecule has 3 nitrogen and oxygen atoms in total. The van der Waals surface area contributed by atoms with E-state index in [1.54, 1.807) is 17.6 Å². The number of thiophene rings is 1. The van der Waals surface area contributed by atoms with Gasteiger partial charge in [-0.15, -0.1) is 11.3 Å². The van der Waals surface area contributed by atoms with E-state index in [1.807, 2.05) is 48.7 Å². The van der Waals surface area contributed by atoms with Gasteiger partial charge in [0.25, 0.3) is 0 Å². The van der Waals surface area contributed by atoms with E-state index in [0.717, 1.165) is 15.8 Å². The van der Waals surface area contributed by atoms with E-state index < -0.39 is 5.72 Å². The molecule has 1 atom stereocenters. The number of benzene rings is 1. The third-order valence-corrected chi connectivity index (χ3v) is 4.23. The van der Waals surface area contributed by atoms with Gasteiger partial charge in [-0.25, -0.2) is 0 Å². The molecule has 1 unspecified atom stereocenters. The highest BCUT2D eigenvalue weighted by molar-refractivity contribution is 7.10. The second kappa shape index (κ2) is 4.72. The van der Waals surface area contributed by atoms with E-state index in [2.05, 4.69) is 0 Å². The molecule has 2 N–H and O–H groups in total. The van der Waals surface area contributed by atoms with Gasteiger partial charge in [-0.2, -0.15) is 0 Å². The quantitative estimate of drug-likeness (QED) is 0.728. The van der Waals surface area contributed by atoms with Crippen LogP contribution in [0.4, 0.5) is 0 Å².